The minimum absolute atomic E-state index is 0.0906. The van der Waals surface area contributed by atoms with Crippen molar-refractivity contribution in [2.24, 2.45) is 0 Å². The zero-order valence-corrected chi connectivity index (χ0v) is 21.0. The van der Waals surface area contributed by atoms with E-state index < -0.39 is 11.5 Å². The van der Waals surface area contributed by atoms with E-state index in [-0.39, 0.29) is 23.8 Å². The van der Waals surface area contributed by atoms with Crippen molar-refractivity contribution in [2.75, 3.05) is 18.5 Å². The second-order valence-electron chi connectivity index (χ2n) is 7.80. The van der Waals surface area contributed by atoms with Crippen LogP contribution < -0.4 is 10.9 Å². The van der Waals surface area contributed by atoms with Gasteiger partial charge in [-0.15, -0.1) is 0 Å². The molecule has 3 rings (SSSR count). The van der Waals surface area contributed by atoms with Crippen molar-refractivity contribution in [3.05, 3.63) is 56.8 Å². The van der Waals surface area contributed by atoms with Crippen molar-refractivity contribution in [3.8, 4) is 11.3 Å². The van der Waals surface area contributed by atoms with Crippen molar-refractivity contribution in [3.63, 3.8) is 0 Å². The normalized spacial score (nSPS) is 10.7. The van der Waals surface area contributed by atoms with Crippen LogP contribution in [0.2, 0.25) is 0 Å². The molecule has 0 aliphatic rings. The molecule has 186 valence electrons. The highest BCUT2D eigenvalue weighted by Gasteiger charge is 2.26. The number of hydrogen-bond donors (Lipinski definition) is 1. The molecule has 0 aliphatic carbocycles. The van der Waals surface area contributed by atoms with E-state index in [4.69, 9.17) is 9.47 Å². The fourth-order valence-electron chi connectivity index (χ4n) is 3.45. The molecule has 35 heavy (non-hydrogen) atoms. The third-order valence-electron chi connectivity index (χ3n) is 5.32. The number of carbonyl (C=O) groups is 2. The standard InChI is InChI=1S/C25H30N4O5S/c1-4-29-24(31)23(27-19-15-26-12-10-17(19)3)21(22(28-29)18-11-14-35-16-18)25(32)34-13-8-6-7-9-20(30)33-5-2/h10-12,14-16,27H,4-9,13H2,1-3H3. The Morgan fingerprint density at radius 2 is 1.97 bits per heavy atom. The van der Waals surface area contributed by atoms with Gasteiger partial charge in [-0.2, -0.15) is 16.4 Å². The van der Waals surface area contributed by atoms with E-state index in [0.29, 0.717) is 50.2 Å². The maximum Gasteiger partial charge on any atom is 0.342 e. The van der Waals surface area contributed by atoms with Crippen molar-refractivity contribution in [1.82, 2.24) is 14.8 Å². The van der Waals surface area contributed by atoms with Gasteiger partial charge in [-0.1, -0.05) is 0 Å². The molecule has 3 heterocycles. The van der Waals surface area contributed by atoms with Gasteiger partial charge < -0.3 is 14.8 Å². The minimum Gasteiger partial charge on any atom is -0.466 e. The molecular formula is C25H30N4O5S. The fraction of sp³-hybridized carbons (Fsp3) is 0.400. The number of nitrogens with one attached hydrogen (secondary N) is 1. The van der Waals surface area contributed by atoms with Gasteiger partial charge in [0.2, 0.25) is 0 Å². The Balaban J connectivity index is 1.87. The summed E-state index contributed by atoms with van der Waals surface area (Å²) >= 11 is 1.47. The predicted octanol–water partition coefficient (Wildman–Crippen LogP) is 4.72. The fourth-order valence-corrected chi connectivity index (χ4v) is 4.09. The second kappa shape index (κ2) is 12.8. The minimum atomic E-state index is -0.631. The molecular weight excluding hydrogens is 468 g/mol. The van der Waals surface area contributed by atoms with Gasteiger partial charge in [-0.25, -0.2) is 9.48 Å². The van der Waals surface area contributed by atoms with Gasteiger partial charge in [-0.3, -0.25) is 14.6 Å². The number of unbranched alkanes of at least 4 members (excludes halogenated alkanes) is 2. The molecule has 0 aromatic carbocycles. The van der Waals surface area contributed by atoms with E-state index in [1.54, 1.807) is 19.3 Å². The summed E-state index contributed by atoms with van der Waals surface area (Å²) < 4.78 is 11.8. The van der Waals surface area contributed by atoms with Crippen LogP contribution >= 0.6 is 11.3 Å². The summed E-state index contributed by atoms with van der Waals surface area (Å²) in [4.78, 5) is 42.1. The van der Waals surface area contributed by atoms with E-state index in [2.05, 4.69) is 15.4 Å². The average Bonchev–Trinajstić information content (AvgIpc) is 3.38. The van der Waals surface area contributed by atoms with Crippen LogP contribution in [0.15, 0.2) is 40.1 Å². The molecule has 0 amide bonds. The van der Waals surface area contributed by atoms with E-state index in [1.165, 1.54) is 16.0 Å². The Hall–Kier alpha value is -3.53. The SMILES string of the molecule is CCOC(=O)CCCCCOC(=O)c1c(-c2ccsc2)nn(CC)c(=O)c1Nc1cnccc1C. The number of esters is 2. The molecule has 1 N–H and O–H groups in total. The van der Waals surface area contributed by atoms with E-state index in [1.807, 2.05) is 36.7 Å². The maximum atomic E-state index is 13.3. The maximum absolute atomic E-state index is 13.3. The zero-order valence-electron chi connectivity index (χ0n) is 20.2. The van der Waals surface area contributed by atoms with E-state index >= 15 is 0 Å². The average molecular weight is 499 g/mol. The van der Waals surface area contributed by atoms with Crippen LogP contribution in [-0.4, -0.2) is 39.9 Å². The monoisotopic (exact) mass is 498 g/mol. The van der Waals surface area contributed by atoms with Crippen LogP contribution in [0.3, 0.4) is 0 Å². The molecule has 0 unspecified atom stereocenters. The number of aryl methyl sites for hydroxylation is 2. The lowest BCUT2D eigenvalue weighted by Crippen LogP contribution is -2.29. The zero-order chi connectivity index (χ0) is 25.2. The van der Waals surface area contributed by atoms with E-state index in [9.17, 15) is 14.4 Å². The molecule has 10 heteroatoms. The number of pyridine rings is 1. The summed E-state index contributed by atoms with van der Waals surface area (Å²) in [5, 5.41) is 11.4. The van der Waals surface area contributed by atoms with E-state index in [0.717, 1.165) is 11.1 Å². The Morgan fingerprint density at radius 3 is 2.66 bits per heavy atom. The lowest BCUT2D eigenvalue weighted by Gasteiger charge is -2.17. The molecule has 9 nitrogen and oxygen atoms in total. The van der Waals surface area contributed by atoms with Crippen LogP contribution in [0.4, 0.5) is 11.4 Å². The molecule has 0 saturated heterocycles. The summed E-state index contributed by atoms with van der Waals surface area (Å²) in [5.74, 6) is -0.859. The molecule has 3 aromatic heterocycles. The molecule has 0 radical (unpaired) electrons. The predicted molar refractivity (Wildman–Crippen MR) is 135 cm³/mol. The van der Waals surface area contributed by atoms with Gasteiger partial charge >= 0.3 is 11.9 Å². The number of carbonyl (C=O) groups excluding carboxylic acids is 2. The Kier molecular flexibility index (Phi) is 9.54. The first-order chi connectivity index (χ1) is 17.0. The number of anilines is 2. The number of aromatic nitrogens is 3. The highest BCUT2D eigenvalue weighted by atomic mass is 32.1. The smallest absolute Gasteiger partial charge is 0.342 e. The van der Waals surface area contributed by atoms with Gasteiger partial charge in [0.05, 0.1) is 25.1 Å². The highest BCUT2D eigenvalue weighted by Crippen LogP contribution is 2.30. The third kappa shape index (κ3) is 6.75. The van der Waals surface area contributed by atoms with Crippen LogP contribution in [0, 0.1) is 6.92 Å². The first kappa shape index (κ1) is 26.1. The first-order valence-corrected chi connectivity index (χ1v) is 12.6. The lowest BCUT2D eigenvalue weighted by atomic mass is 10.1. The lowest BCUT2D eigenvalue weighted by molar-refractivity contribution is -0.143. The summed E-state index contributed by atoms with van der Waals surface area (Å²) in [7, 11) is 0. The molecule has 0 saturated carbocycles. The van der Waals surface area contributed by atoms with Crippen molar-refractivity contribution in [2.45, 2.75) is 53.0 Å². The molecule has 3 aromatic rings. The van der Waals surface area contributed by atoms with Crippen LogP contribution in [-0.2, 0) is 20.8 Å². The number of nitrogens with zero attached hydrogens (tertiary/aromatic N) is 3. The quantitative estimate of drug-likeness (QED) is 0.282. The molecule has 0 aliphatic heterocycles. The molecule has 0 atom stereocenters. The third-order valence-corrected chi connectivity index (χ3v) is 6.00. The Bertz CT molecular complexity index is 1210. The largest absolute Gasteiger partial charge is 0.466 e. The Labute approximate surface area is 208 Å². The second-order valence-corrected chi connectivity index (χ2v) is 8.58. The Morgan fingerprint density at radius 1 is 1.14 bits per heavy atom. The number of ether oxygens (including phenoxy) is 2. The van der Waals surface area contributed by atoms with Gasteiger partial charge in [0.25, 0.3) is 5.56 Å². The number of rotatable bonds is 12. The van der Waals surface area contributed by atoms with Crippen LogP contribution in [0.25, 0.3) is 11.3 Å². The molecule has 0 fully saturated rings. The number of hydrogen-bond acceptors (Lipinski definition) is 9. The molecule has 0 spiro atoms. The van der Waals surface area contributed by atoms with Crippen LogP contribution in [0.5, 0.6) is 0 Å². The summed E-state index contributed by atoms with van der Waals surface area (Å²) in [6.45, 7) is 6.34. The van der Waals surface area contributed by atoms with Crippen molar-refractivity contribution >= 4 is 34.7 Å². The summed E-state index contributed by atoms with van der Waals surface area (Å²) in [6.07, 6.45) is 5.54. The highest BCUT2D eigenvalue weighted by molar-refractivity contribution is 7.08. The molecule has 0 bridgehead atoms. The topological polar surface area (TPSA) is 112 Å². The van der Waals surface area contributed by atoms with Crippen LogP contribution in [0.1, 0.15) is 55.5 Å². The first-order valence-electron chi connectivity index (χ1n) is 11.6. The van der Waals surface area contributed by atoms with Crippen molar-refractivity contribution in [1.29, 1.82) is 0 Å². The van der Waals surface area contributed by atoms with Gasteiger partial charge in [0, 0.05) is 30.1 Å². The number of thiophene rings is 1. The summed E-state index contributed by atoms with van der Waals surface area (Å²) in [5.41, 5.74) is 2.36. The van der Waals surface area contributed by atoms with Gasteiger partial charge in [0.1, 0.15) is 16.9 Å². The van der Waals surface area contributed by atoms with Crippen molar-refractivity contribution < 1.29 is 19.1 Å². The van der Waals surface area contributed by atoms with Gasteiger partial charge in [-0.05, 0) is 63.1 Å². The van der Waals surface area contributed by atoms with Gasteiger partial charge in [0.15, 0.2) is 0 Å². The summed E-state index contributed by atoms with van der Waals surface area (Å²) in [6, 6.07) is 3.67.